The molecule has 0 saturated carbocycles. The van der Waals surface area contributed by atoms with Gasteiger partial charge in [0, 0.05) is 30.9 Å². The number of rotatable bonds is 26. The van der Waals surface area contributed by atoms with Crippen LogP contribution in [0.15, 0.2) is 44.2 Å². The van der Waals surface area contributed by atoms with Gasteiger partial charge in [0.1, 0.15) is 11.5 Å². The lowest BCUT2D eigenvalue weighted by molar-refractivity contribution is 0.238. The normalized spacial score (nSPS) is 13.9. The number of benzene rings is 2. The molecule has 4 heterocycles. The summed E-state index contributed by atoms with van der Waals surface area (Å²) >= 11 is 11.3. The molecule has 0 radical (unpaired) electrons. The van der Waals surface area contributed by atoms with Gasteiger partial charge in [-0.05, 0) is 117 Å². The molecule has 0 aliphatic rings. The van der Waals surface area contributed by atoms with E-state index in [1.165, 1.54) is 160 Å². The lowest BCUT2D eigenvalue weighted by Gasteiger charge is -2.19. The molecule has 0 aliphatic heterocycles. The number of thiophene rings is 4. The van der Waals surface area contributed by atoms with Gasteiger partial charge in [0.25, 0.3) is 0 Å². The largest absolute Gasteiger partial charge is 0.491 e. The summed E-state index contributed by atoms with van der Waals surface area (Å²) in [7, 11) is 0. The minimum atomic E-state index is 0.648. The summed E-state index contributed by atoms with van der Waals surface area (Å²) in [5, 5.41) is 12.3. The van der Waals surface area contributed by atoms with Gasteiger partial charge in [-0.25, -0.2) is 0 Å². The molecular formula is C52H75BrO2S4. The van der Waals surface area contributed by atoms with Crippen LogP contribution in [0.3, 0.4) is 0 Å². The maximum absolute atomic E-state index is 6.60. The van der Waals surface area contributed by atoms with Gasteiger partial charge in [-0.2, -0.15) is 0 Å². The number of unbranched alkanes of at least 4 members (excludes halogenated alkanes) is 4. The van der Waals surface area contributed by atoms with Crippen LogP contribution in [0.2, 0.25) is 0 Å². The van der Waals surface area contributed by atoms with E-state index in [0.717, 1.165) is 36.5 Å². The molecule has 0 saturated heterocycles. The Bertz CT molecular complexity index is 2050. The summed E-state index contributed by atoms with van der Waals surface area (Å²) in [5.74, 6) is 5.13. The maximum atomic E-state index is 6.60. The fraction of sp³-hybridized carbons (Fsp3) is 0.615. The van der Waals surface area contributed by atoms with Gasteiger partial charge in [-0.3, -0.25) is 0 Å². The molecule has 59 heavy (non-hydrogen) atoms. The fourth-order valence-electron chi connectivity index (χ4n) is 8.76. The molecule has 0 bridgehead atoms. The predicted molar refractivity (Wildman–Crippen MR) is 274 cm³/mol. The molecule has 7 heteroatoms. The molecule has 0 fully saturated rings. The number of hydrogen-bond acceptors (Lipinski definition) is 6. The van der Waals surface area contributed by atoms with E-state index in [1.807, 2.05) is 45.3 Å². The summed E-state index contributed by atoms with van der Waals surface area (Å²) < 4.78 is 20.0. The van der Waals surface area contributed by atoms with Crippen molar-refractivity contribution in [1.29, 1.82) is 0 Å². The molecule has 4 atom stereocenters. The molecule has 0 aliphatic carbocycles. The summed E-state index contributed by atoms with van der Waals surface area (Å²) in [5.41, 5.74) is 3.12. The van der Waals surface area contributed by atoms with Crippen LogP contribution in [0.4, 0.5) is 0 Å². The lowest BCUT2D eigenvalue weighted by atomic mass is 9.90. The number of hydrogen-bond donors (Lipinski definition) is 0. The van der Waals surface area contributed by atoms with Crippen molar-refractivity contribution < 1.29 is 9.47 Å². The van der Waals surface area contributed by atoms with Crippen LogP contribution in [-0.2, 0) is 12.8 Å². The summed E-state index contributed by atoms with van der Waals surface area (Å²) in [6, 6.07) is 9.24. The predicted octanol–water partition coefficient (Wildman–Crippen LogP) is 19.7. The van der Waals surface area contributed by atoms with Crippen molar-refractivity contribution in [3.63, 3.8) is 0 Å². The van der Waals surface area contributed by atoms with Gasteiger partial charge >= 0.3 is 0 Å². The Kier molecular flexibility index (Phi) is 20.9. The first-order valence-electron chi connectivity index (χ1n) is 23.6. The van der Waals surface area contributed by atoms with Gasteiger partial charge < -0.3 is 9.47 Å². The van der Waals surface area contributed by atoms with Gasteiger partial charge in [0.05, 0.1) is 26.4 Å². The highest BCUT2D eigenvalue weighted by Crippen LogP contribution is 2.48. The molecular weight excluding hydrogens is 865 g/mol. The number of ether oxygens (including phenoxy) is 2. The van der Waals surface area contributed by atoms with Crippen LogP contribution in [-0.4, -0.2) is 13.2 Å². The van der Waals surface area contributed by atoms with Crippen molar-refractivity contribution in [3.8, 4) is 11.5 Å². The molecule has 0 spiro atoms. The fourth-order valence-corrected chi connectivity index (χ4v) is 13.3. The van der Waals surface area contributed by atoms with Crippen LogP contribution < -0.4 is 9.47 Å². The second-order valence-electron chi connectivity index (χ2n) is 17.1. The maximum Gasteiger partial charge on any atom is 0.145 e. The topological polar surface area (TPSA) is 18.5 Å². The van der Waals surface area contributed by atoms with Gasteiger partial charge in [-0.15, -0.1) is 45.3 Å². The van der Waals surface area contributed by atoms with Crippen molar-refractivity contribution in [1.82, 2.24) is 0 Å². The van der Waals surface area contributed by atoms with Crippen LogP contribution in [0.5, 0.6) is 11.5 Å². The van der Waals surface area contributed by atoms with Crippen molar-refractivity contribution in [2.24, 2.45) is 23.7 Å². The molecule has 326 valence electrons. The van der Waals surface area contributed by atoms with E-state index in [9.17, 15) is 0 Å². The Labute approximate surface area is 383 Å². The molecule has 0 amide bonds. The second kappa shape index (κ2) is 25.5. The highest BCUT2D eigenvalue weighted by atomic mass is 79.9. The molecule has 6 rings (SSSR count). The first-order chi connectivity index (χ1) is 28.8. The minimum absolute atomic E-state index is 0.648. The second-order valence-corrected chi connectivity index (χ2v) is 22.3. The smallest absolute Gasteiger partial charge is 0.145 e. The number of fused-ring (bicyclic) bond motifs is 4. The van der Waals surface area contributed by atoms with E-state index in [4.69, 9.17) is 9.47 Å². The first-order valence-corrected chi connectivity index (χ1v) is 27.9. The Morgan fingerprint density at radius 3 is 1.31 bits per heavy atom. The molecule has 2 nitrogen and oxygen atoms in total. The third-order valence-corrected chi connectivity index (χ3v) is 17.4. The van der Waals surface area contributed by atoms with Gasteiger partial charge in [-0.1, -0.05) is 145 Å². The van der Waals surface area contributed by atoms with Crippen LogP contribution >= 0.6 is 61.3 Å². The standard InChI is InChI=1S/C26H37BrOS2.C26H38OS2/c1-5-9-11-18(7-3)15-21-20-13-14-29-26(20)24(22-16-23(27)30-25(21)22)28-17-19(8-4)12-10-6-2;1-5-9-11-19(7-3)17-23-21-13-15-29-26(21)24(22-14-16-28-25(22)23)27-18-20(8-4)12-10-6-2/h13-14,16,18-19H,5-12,15,17H2,1-4H3;13-16,19-20H,5-12,17-18H2,1-4H3. The highest BCUT2D eigenvalue weighted by molar-refractivity contribution is 9.11. The molecule has 0 N–H and O–H groups in total. The molecule has 4 unspecified atom stereocenters. The molecule has 4 aromatic heterocycles. The quantitative estimate of drug-likeness (QED) is 0.0539. The zero-order valence-electron chi connectivity index (χ0n) is 37.8. The van der Waals surface area contributed by atoms with Gasteiger partial charge in [0.15, 0.2) is 0 Å². The van der Waals surface area contributed by atoms with E-state index < -0.39 is 0 Å². The van der Waals surface area contributed by atoms with Crippen molar-refractivity contribution in [2.75, 3.05) is 13.2 Å². The average molecular weight is 940 g/mol. The van der Waals surface area contributed by atoms with Crippen molar-refractivity contribution >= 4 is 102 Å². The average Bonchev–Trinajstić information content (AvgIpc) is 4.10. The third-order valence-electron chi connectivity index (χ3n) is 12.9. The van der Waals surface area contributed by atoms with Crippen molar-refractivity contribution in [2.45, 2.75) is 171 Å². The van der Waals surface area contributed by atoms with Gasteiger partial charge in [0.2, 0.25) is 0 Å². The van der Waals surface area contributed by atoms with Crippen LogP contribution in [0, 0.1) is 23.7 Å². The Hall–Kier alpha value is -1.64. The molecule has 2 aromatic carbocycles. The SMILES string of the molecule is CCCCC(CC)COc1c2cc(Br)sc2c(CC(CC)CCCC)c2ccsc12.CCCCC(CC)COc1c2ccsc2c(CC(CC)CCCC)c2ccsc12. The Morgan fingerprint density at radius 2 is 0.864 bits per heavy atom. The van der Waals surface area contributed by atoms with E-state index in [0.29, 0.717) is 11.8 Å². The minimum Gasteiger partial charge on any atom is -0.491 e. The lowest BCUT2D eigenvalue weighted by Crippen LogP contribution is -2.11. The Balaban J connectivity index is 0.000000224. The summed E-state index contributed by atoms with van der Waals surface area (Å²) in [4.78, 5) is 0. The van der Waals surface area contributed by atoms with E-state index in [-0.39, 0.29) is 0 Å². The highest BCUT2D eigenvalue weighted by Gasteiger charge is 2.23. The monoisotopic (exact) mass is 938 g/mol. The zero-order chi connectivity index (χ0) is 42.1. The van der Waals surface area contributed by atoms with E-state index in [1.54, 1.807) is 11.1 Å². The van der Waals surface area contributed by atoms with Crippen LogP contribution in [0.25, 0.3) is 40.3 Å². The van der Waals surface area contributed by atoms with E-state index >= 15 is 0 Å². The first kappa shape index (κ1) is 48.4. The third kappa shape index (κ3) is 12.7. The zero-order valence-corrected chi connectivity index (χ0v) is 42.7. The summed E-state index contributed by atoms with van der Waals surface area (Å²) in [6.45, 7) is 20.1. The van der Waals surface area contributed by atoms with Crippen LogP contribution in [0.1, 0.15) is 169 Å². The van der Waals surface area contributed by atoms with Crippen molar-refractivity contribution in [3.05, 3.63) is 55.3 Å². The summed E-state index contributed by atoms with van der Waals surface area (Å²) in [6.07, 6.45) is 22.9. The Morgan fingerprint density at radius 1 is 0.475 bits per heavy atom. The molecule has 6 aromatic rings. The van der Waals surface area contributed by atoms with E-state index in [2.05, 4.69) is 112 Å². The number of halogens is 1.